The number of hydrogen-bond acceptors (Lipinski definition) is 3. The van der Waals surface area contributed by atoms with Crippen molar-refractivity contribution in [3.63, 3.8) is 0 Å². The van der Waals surface area contributed by atoms with Crippen LogP contribution < -0.4 is 10.6 Å². The Morgan fingerprint density at radius 1 is 1.29 bits per heavy atom. The van der Waals surface area contributed by atoms with Gasteiger partial charge in [0.05, 0.1) is 0 Å². The summed E-state index contributed by atoms with van der Waals surface area (Å²) in [5.74, 6) is 0.00965. The molecule has 2 rings (SSSR count). The van der Waals surface area contributed by atoms with E-state index in [1.165, 1.54) is 12.1 Å². The van der Waals surface area contributed by atoms with E-state index in [-0.39, 0.29) is 11.7 Å². The van der Waals surface area contributed by atoms with Gasteiger partial charge in [-0.3, -0.25) is 4.79 Å². The van der Waals surface area contributed by atoms with Gasteiger partial charge in [0.25, 0.3) is 5.91 Å². The molecule has 4 nitrogen and oxygen atoms in total. The normalized spacial score (nSPS) is 20.4. The number of hydrogen-bond donors (Lipinski definition) is 3. The molecule has 1 atom stereocenters. The second kappa shape index (κ2) is 3.26. The van der Waals surface area contributed by atoms with Crippen LogP contribution in [0.3, 0.4) is 0 Å². The molecule has 0 radical (unpaired) electrons. The lowest BCUT2D eigenvalue weighted by Crippen LogP contribution is -2.21. The largest absolute Gasteiger partial charge is 0.508 e. The highest BCUT2D eigenvalue weighted by atomic mass is 32.1. The molecule has 0 bridgehead atoms. The van der Waals surface area contributed by atoms with E-state index in [0.717, 1.165) is 5.56 Å². The average molecular weight is 208 g/mol. The Hall–Kier alpha value is -1.62. The van der Waals surface area contributed by atoms with Crippen LogP contribution in [0.5, 0.6) is 5.75 Å². The molecule has 5 heteroatoms. The number of benzene rings is 1. The third-order valence-electron chi connectivity index (χ3n) is 2.00. The van der Waals surface area contributed by atoms with Crippen molar-refractivity contribution in [2.45, 2.75) is 6.04 Å². The lowest BCUT2D eigenvalue weighted by atomic mass is 10.1. The van der Waals surface area contributed by atoms with Gasteiger partial charge in [-0.25, -0.2) is 0 Å². The van der Waals surface area contributed by atoms with E-state index in [1.807, 2.05) is 0 Å². The zero-order valence-corrected chi connectivity index (χ0v) is 7.97. The Bertz CT molecular complexity index is 388. The summed E-state index contributed by atoms with van der Waals surface area (Å²) in [5.41, 5.74) is 0.778. The van der Waals surface area contributed by atoms with Crippen LogP contribution in [0.1, 0.15) is 11.6 Å². The molecule has 1 aromatic carbocycles. The maximum atomic E-state index is 11.3. The minimum atomic E-state index is -0.442. The molecule has 1 heterocycles. The Balaban J connectivity index is 2.27. The van der Waals surface area contributed by atoms with Crippen LogP contribution >= 0.6 is 12.2 Å². The lowest BCUT2D eigenvalue weighted by molar-refractivity contribution is -0.120. The molecule has 1 aliphatic heterocycles. The molecule has 0 spiro atoms. The van der Waals surface area contributed by atoms with Crippen LogP contribution in [-0.4, -0.2) is 16.1 Å². The molecule has 3 N–H and O–H groups in total. The van der Waals surface area contributed by atoms with Crippen LogP contribution in [0, 0.1) is 0 Å². The molecule has 0 aliphatic carbocycles. The van der Waals surface area contributed by atoms with Crippen LogP contribution in [0.4, 0.5) is 0 Å². The highest BCUT2D eigenvalue weighted by Crippen LogP contribution is 2.19. The number of carbonyl (C=O) groups is 1. The highest BCUT2D eigenvalue weighted by molar-refractivity contribution is 7.80. The molecule has 1 aliphatic rings. The maximum Gasteiger partial charge on any atom is 0.253 e. The third kappa shape index (κ3) is 1.54. The standard InChI is InChI=1S/C9H8N2O2S/c12-6-3-1-5(2-4-6)7-8(13)11-9(14)10-7/h1-4,7,12H,(H2,10,11,13,14). The summed E-state index contributed by atoms with van der Waals surface area (Å²) in [7, 11) is 0. The van der Waals surface area contributed by atoms with Crippen LogP contribution in [-0.2, 0) is 4.79 Å². The van der Waals surface area contributed by atoms with Crippen molar-refractivity contribution in [1.82, 2.24) is 10.6 Å². The van der Waals surface area contributed by atoms with Gasteiger partial charge in [0.2, 0.25) is 0 Å². The van der Waals surface area contributed by atoms with Gasteiger partial charge in [0.1, 0.15) is 11.8 Å². The Morgan fingerprint density at radius 2 is 1.93 bits per heavy atom. The molecule has 1 saturated heterocycles. The molecular formula is C9H8N2O2S. The van der Waals surface area contributed by atoms with Crippen molar-refractivity contribution >= 4 is 23.2 Å². The summed E-state index contributed by atoms with van der Waals surface area (Å²) >= 11 is 4.81. The molecule has 1 aromatic rings. The third-order valence-corrected chi connectivity index (χ3v) is 2.22. The Kier molecular flexibility index (Phi) is 2.09. The molecule has 1 amide bonds. The summed E-state index contributed by atoms with van der Waals surface area (Å²) in [5, 5.41) is 14.7. The van der Waals surface area contributed by atoms with Gasteiger partial charge in [-0.1, -0.05) is 12.1 Å². The number of rotatable bonds is 1. The summed E-state index contributed by atoms with van der Waals surface area (Å²) in [6, 6.07) is 5.99. The lowest BCUT2D eigenvalue weighted by Gasteiger charge is -2.07. The summed E-state index contributed by atoms with van der Waals surface area (Å²) in [4.78, 5) is 11.3. The van der Waals surface area contributed by atoms with Crippen molar-refractivity contribution in [3.8, 4) is 5.75 Å². The van der Waals surface area contributed by atoms with Gasteiger partial charge in [-0.05, 0) is 29.9 Å². The van der Waals surface area contributed by atoms with Crippen LogP contribution in [0.15, 0.2) is 24.3 Å². The van der Waals surface area contributed by atoms with Crippen molar-refractivity contribution in [1.29, 1.82) is 0 Å². The maximum absolute atomic E-state index is 11.3. The molecule has 14 heavy (non-hydrogen) atoms. The van der Waals surface area contributed by atoms with Gasteiger partial charge < -0.3 is 15.7 Å². The van der Waals surface area contributed by atoms with Crippen molar-refractivity contribution in [2.75, 3.05) is 0 Å². The zero-order valence-electron chi connectivity index (χ0n) is 7.15. The van der Waals surface area contributed by atoms with Crippen molar-refractivity contribution in [3.05, 3.63) is 29.8 Å². The number of amides is 1. The Labute approximate surface area is 85.9 Å². The molecule has 1 fully saturated rings. The Morgan fingerprint density at radius 3 is 2.43 bits per heavy atom. The minimum absolute atomic E-state index is 0.166. The second-order valence-corrected chi connectivity index (χ2v) is 3.40. The average Bonchev–Trinajstić information content (AvgIpc) is 2.47. The number of phenolic OH excluding ortho intramolecular Hbond substituents is 1. The number of nitrogens with one attached hydrogen (secondary N) is 2. The smallest absolute Gasteiger partial charge is 0.253 e. The first kappa shape index (κ1) is 8.96. The molecular weight excluding hydrogens is 200 g/mol. The first-order valence-corrected chi connectivity index (χ1v) is 4.48. The first-order chi connectivity index (χ1) is 6.66. The first-order valence-electron chi connectivity index (χ1n) is 4.07. The van der Waals surface area contributed by atoms with E-state index in [0.29, 0.717) is 5.11 Å². The van der Waals surface area contributed by atoms with Gasteiger partial charge in [0, 0.05) is 0 Å². The monoisotopic (exact) mass is 208 g/mol. The van der Waals surface area contributed by atoms with Gasteiger partial charge in [-0.2, -0.15) is 0 Å². The fraction of sp³-hybridized carbons (Fsp3) is 0.111. The number of carbonyl (C=O) groups excluding carboxylic acids is 1. The van der Waals surface area contributed by atoms with E-state index in [2.05, 4.69) is 10.6 Å². The fourth-order valence-electron chi connectivity index (χ4n) is 1.32. The fourth-order valence-corrected chi connectivity index (χ4v) is 1.54. The topological polar surface area (TPSA) is 61.4 Å². The summed E-state index contributed by atoms with van der Waals surface area (Å²) in [6.07, 6.45) is 0. The van der Waals surface area contributed by atoms with Gasteiger partial charge in [-0.15, -0.1) is 0 Å². The molecule has 1 unspecified atom stereocenters. The summed E-state index contributed by atoms with van der Waals surface area (Å²) < 4.78 is 0. The van der Waals surface area contributed by atoms with Gasteiger partial charge >= 0.3 is 0 Å². The van der Waals surface area contributed by atoms with E-state index < -0.39 is 6.04 Å². The quantitative estimate of drug-likeness (QED) is 0.586. The van der Waals surface area contributed by atoms with E-state index >= 15 is 0 Å². The minimum Gasteiger partial charge on any atom is -0.508 e. The van der Waals surface area contributed by atoms with Gasteiger partial charge in [0.15, 0.2) is 5.11 Å². The SMILES string of the molecule is O=C1NC(=S)NC1c1ccc(O)cc1. The van der Waals surface area contributed by atoms with Crippen molar-refractivity contribution in [2.24, 2.45) is 0 Å². The highest BCUT2D eigenvalue weighted by Gasteiger charge is 2.28. The van der Waals surface area contributed by atoms with E-state index in [9.17, 15) is 4.79 Å². The number of phenols is 1. The summed E-state index contributed by atoms with van der Waals surface area (Å²) in [6.45, 7) is 0. The zero-order chi connectivity index (χ0) is 10.1. The molecule has 0 saturated carbocycles. The van der Waals surface area contributed by atoms with Crippen molar-refractivity contribution < 1.29 is 9.90 Å². The molecule has 0 aromatic heterocycles. The predicted octanol–water partition coefficient (Wildman–Crippen LogP) is 0.438. The van der Waals surface area contributed by atoms with Crippen LogP contribution in [0.25, 0.3) is 0 Å². The molecule has 72 valence electrons. The number of aromatic hydroxyl groups is 1. The van der Waals surface area contributed by atoms with Crippen LogP contribution in [0.2, 0.25) is 0 Å². The second-order valence-electron chi connectivity index (χ2n) is 2.99. The van der Waals surface area contributed by atoms with E-state index in [4.69, 9.17) is 17.3 Å². The number of thiocarbonyl (C=S) groups is 1. The predicted molar refractivity (Wildman–Crippen MR) is 54.7 cm³/mol. The van der Waals surface area contributed by atoms with E-state index in [1.54, 1.807) is 12.1 Å².